The first-order valence-corrected chi connectivity index (χ1v) is 8.84. The molecular formula is C17H33Cl2N5O3. The van der Waals surface area contributed by atoms with Crippen molar-refractivity contribution in [1.29, 1.82) is 0 Å². The van der Waals surface area contributed by atoms with Gasteiger partial charge in [-0.1, -0.05) is 25.9 Å². The van der Waals surface area contributed by atoms with Crippen LogP contribution in [-0.2, 0) is 16.1 Å². The average Bonchev–Trinajstić information content (AvgIpc) is 2.90. The Labute approximate surface area is 174 Å². The van der Waals surface area contributed by atoms with Crippen molar-refractivity contribution in [3.63, 3.8) is 0 Å². The van der Waals surface area contributed by atoms with Gasteiger partial charge in [0.2, 0.25) is 11.8 Å². The average molecular weight is 426 g/mol. The van der Waals surface area contributed by atoms with Crippen LogP contribution in [0, 0.1) is 5.41 Å². The summed E-state index contributed by atoms with van der Waals surface area (Å²) in [5, 5.41) is 3.95. The minimum Gasteiger partial charge on any atom is -0.374 e. The number of carbonyl (C=O) groups is 1. The lowest BCUT2D eigenvalue weighted by Crippen LogP contribution is -2.51. The van der Waals surface area contributed by atoms with E-state index in [0.29, 0.717) is 24.8 Å². The number of nitrogens with zero attached hydrogens (tertiary/aromatic N) is 4. The quantitative estimate of drug-likeness (QED) is 0.769. The standard InChI is InChI=1S/C17H31N5O3.2ClH/c1-12(24-5)15-19-13(25-20-15)11-21-7-6-8-22(10-9-21)16(23)14(18)17(2,3)4;;/h12,14H,6-11,18H2,1-5H3;2*1H/t12?,14-;;/m1../s1. The molecule has 0 aliphatic carbocycles. The molecule has 1 aromatic rings. The molecule has 1 aliphatic rings. The van der Waals surface area contributed by atoms with Gasteiger partial charge in [0.1, 0.15) is 6.10 Å². The Morgan fingerprint density at radius 3 is 2.52 bits per heavy atom. The number of halogens is 2. The maximum atomic E-state index is 12.6. The molecule has 0 spiro atoms. The molecule has 2 rings (SSSR count). The Kier molecular flexibility index (Phi) is 10.8. The molecule has 0 saturated carbocycles. The van der Waals surface area contributed by atoms with E-state index in [2.05, 4.69) is 15.0 Å². The molecule has 158 valence electrons. The number of hydrogen-bond acceptors (Lipinski definition) is 7. The molecule has 0 aromatic carbocycles. The molecule has 1 aliphatic heterocycles. The van der Waals surface area contributed by atoms with Gasteiger partial charge < -0.3 is 19.9 Å². The van der Waals surface area contributed by atoms with Crippen LogP contribution in [0.25, 0.3) is 0 Å². The van der Waals surface area contributed by atoms with E-state index in [4.69, 9.17) is 15.0 Å². The van der Waals surface area contributed by atoms with Gasteiger partial charge >= 0.3 is 0 Å². The monoisotopic (exact) mass is 425 g/mol. The molecule has 1 fully saturated rings. The first-order chi connectivity index (χ1) is 11.7. The second-order valence-electron chi connectivity index (χ2n) is 7.72. The van der Waals surface area contributed by atoms with Crippen LogP contribution in [-0.4, -0.2) is 65.2 Å². The predicted molar refractivity (Wildman–Crippen MR) is 108 cm³/mol. The van der Waals surface area contributed by atoms with Crippen LogP contribution >= 0.6 is 24.8 Å². The summed E-state index contributed by atoms with van der Waals surface area (Å²) >= 11 is 0. The highest BCUT2D eigenvalue weighted by Gasteiger charge is 2.32. The minimum atomic E-state index is -0.479. The third-order valence-corrected chi connectivity index (χ3v) is 4.66. The van der Waals surface area contributed by atoms with Gasteiger partial charge in [-0.3, -0.25) is 9.69 Å². The van der Waals surface area contributed by atoms with E-state index < -0.39 is 6.04 Å². The van der Waals surface area contributed by atoms with E-state index in [9.17, 15) is 4.79 Å². The van der Waals surface area contributed by atoms with Crippen LogP contribution in [0.4, 0.5) is 0 Å². The van der Waals surface area contributed by atoms with Crippen LogP contribution in [0.15, 0.2) is 4.52 Å². The second-order valence-corrected chi connectivity index (χ2v) is 7.72. The summed E-state index contributed by atoms with van der Waals surface area (Å²) in [4.78, 5) is 21.1. The lowest BCUT2D eigenvalue weighted by molar-refractivity contribution is -0.134. The van der Waals surface area contributed by atoms with Gasteiger partial charge in [-0.05, 0) is 18.8 Å². The van der Waals surface area contributed by atoms with Crippen LogP contribution in [0.1, 0.15) is 51.9 Å². The van der Waals surface area contributed by atoms with E-state index >= 15 is 0 Å². The van der Waals surface area contributed by atoms with Crippen molar-refractivity contribution in [2.75, 3.05) is 33.3 Å². The zero-order valence-electron chi connectivity index (χ0n) is 16.8. The van der Waals surface area contributed by atoms with E-state index in [-0.39, 0.29) is 42.2 Å². The van der Waals surface area contributed by atoms with Crippen molar-refractivity contribution in [3.05, 3.63) is 11.7 Å². The van der Waals surface area contributed by atoms with Gasteiger partial charge in [-0.2, -0.15) is 4.98 Å². The number of ether oxygens (including phenoxy) is 1. The Bertz CT molecular complexity index is 579. The maximum Gasteiger partial charge on any atom is 0.240 e. The smallest absolute Gasteiger partial charge is 0.240 e. The Morgan fingerprint density at radius 2 is 1.93 bits per heavy atom. The van der Waals surface area contributed by atoms with Gasteiger partial charge in [0.15, 0.2) is 5.82 Å². The SMILES string of the molecule is COC(C)c1noc(CN2CCCN(C(=O)[C@@H](N)C(C)(C)C)CC2)n1.Cl.Cl. The van der Waals surface area contributed by atoms with Gasteiger partial charge in [-0.25, -0.2) is 0 Å². The Balaban J connectivity index is 0.00000338. The third-order valence-electron chi connectivity index (χ3n) is 4.66. The summed E-state index contributed by atoms with van der Waals surface area (Å²) in [7, 11) is 1.61. The second kappa shape index (κ2) is 11.2. The summed E-state index contributed by atoms with van der Waals surface area (Å²) in [5.41, 5.74) is 5.89. The lowest BCUT2D eigenvalue weighted by Gasteiger charge is -2.31. The Morgan fingerprint density at radius 1 is 1.26 bits per heavy atom. The number of aromatic nitrogens is 2. The molecule has 8 nitrogen and oxygen atoms in total. The summed E-state index contributed by atoms with van der Waals surface area (Å²) in [5.74, 6) is 1.16. The fraction of sp³-hybridized carbons (Fsp3) is 0.824. The molecule has 1 saturated heterocycles. The van der Waals surface area contributed by atoms with Crippen molar-refractivity contribution >= 4 is 30.7 Å². The van der Waals surface area contributed by atoms with Crippen molar-refractivity contribution in [2.45, 2.75) is 52.8 Å². The molecule has 2 heterocycles. The van der Waals surface area contributed by atoms with Crippen molar-refractivity contribution < 1.29 is 14.1 Å². The van der Waals surface area contributed by atoms with E-state index in [0.717, 1.165) is 26.1 Å². The lowest BCUT2D eigenvalue weighted by atomic mass is 9.86. The van der Waals surface area contributed by atoms with Crippen molar-refractivity contribution in [1.82, 2.24) is 19.9 Å². The topological polar surface area (TPSA) is 97.7 Å². The largest absolute Gasteiger partial charge is 0.374 e. The van der Waals surface area contributed by atoms with Crippen LogP contribution in [0.5, 0.6) is 0 Å². The fourth-order valence-electron chi connectivity index (χ4n) is 2.71. The van der Waals surface area contributed by atoms with Gasteiger partial charge in [0, 0.05) is 33.3 Å². The van der Waals surface area contributed by atoms with E-state index in [1.807, 2.05) is 32.6 Å². The number of methoxy groups -OCH3 is 1. The molecule has 1 aromatic heterocycles. The molecule has 27 heavy (non-hydrogen) atoms. The highest BCUT2D eigenvalue weighted by atomic mass is 35.5. The molecule has 0 bridgehead atoms. The zero-order valence-corrected chi connectivity index (χ0v) is 18.4. The molecule has 2 atom stereocenters. The molecule has 2 N–H and O–H groups in total. The summed E-state index contributed by atoms with van der Waals surface area (Å²) in [6.07, 6.45) is 0.714. The number of nitrogens with two attached hydrogens (primary N) is 1. The van der Waals surface area contributed by atoms with Gasteiger partial charge in [-0.15, -0.1) is 24.8 Å². The molecule has 0 radical (unpaired) electrons. The third kappa shape index (κ3) is 7.19. The molecule has 1 unspecified atom stereocenters. The van der Waals surface area contributed by atoms with E-state index in [1.165, 1.54) is 0 Å². The number of rotatable bonds is 5. The number of hydrogen-bond donors (Lipinski definition) is 1. The first-order valence-electron chi connectivity index (χ1n) is 8.84. The van der Waals surface area contributed by atoms with Crippen LogP contribution < -0.4 is 5.73 Å². The van der Waals surface area contributed by atoms with Crippen LogP contribution in [0.2, 0.25) is 0 Å². The zero-order chi connectivity index (χ0) is 18.6. The summed E-state index contributed by atoms with van der Waals surface area (Å²) in [6.45, 7) is 11.5. The highest BCUT2D eigenvalue weighted by molar-refractivity contribution is 5.85. The van der Waals surface area contributed by atoms with Crippen molar-refractivity contribution in [2.24, 2.45) is 11.1 Å². The van der Waals surface area contributed by atoms with E-state index in [1.54, 1.807) is 7.11 Å². The highest BCUT2D eigenvalue weighted by Crippen LogP contribution is 2.20. The summed E-state index contributed by atoms with van der Waals surface area (Å²) in [6, 6.07) is -0.479. The van der Waals surface area contributed by atoms with Gasteiger partial charge in [0.05, 0.1) is 12.6 Å². The number of carbonyl (C=O) groups excluding carboxylic acids is 1. The molecule has 10 heteroatoms. The first kappa shape index (κ1) is 26.1. The number of amides is 1. The van der Waals surface area contributed by atoms with Gasteiger partial charge in [0.25, 0.3) is 0 Å². The molecular weight excluding hydrogens is 393 g/mol. The van der Waals surface area contributed by atoms with Crippen LogP contribution in [0.3, 0.4) is 0 Å². The fourth-order valence-corrected chi connectivity index (χ4v) is 2.71. The van der Waals surface area contributed by atoms with Crippen molar-refractivity contribution in [3.8, 4) is 0 Å². The normalized spacial score (nSPS) is 18.1. The Hall–Kier alpha value is -0.930. The molecule has 1 amide bonds. The summed E-state index contributed by atoms with van der Waals surface area (Å²) < 4.78 is 10.5. The maximum absolute atomic E-state index is 12.6. The minimum absolute atomic E-state index is 0. The predicted octanol–water partition coefficient (Wildman–Crippen LogP) is 2.03.